The Morgan fingerprint density at radius 1 is 0.895 bits per heavy atom. The van der Waals surface area contributed by atoms with E-state index in [1.807, 2.05) is 55.5 Å². The molecule has 0 aliphatic heterocycles. The number of carbonyl (C=O) groups is 3. The average Bonchev–Trinajstić information content (AvgIpc) is 3.82. The largest absolute Gasteiger partial charge is 0.511 e. The number of imidazole rings is 1. The normalized spacial score (nSPS) is 13.6. The molecule has 19 nitrogen and oxygen atoms in total. The van der Waals surface area contributed by atoms with E-state index in [9.17, 15) is 14.4 Å². The number of esters is 1. The van der Waals surface area contributed by atoms with Gasteiger partial charge < -0.3 is 28.4 Å². The Bertz CT molecular complexity index is 2110. The molecule has 3 aromatic carbocycles. The molecule has 1 saturated carbocycles. The second-order valence-electron chi connectivity index (χ2n) is 12.8. The molecule has 1 aliphatic carbocycles. The van der Waals surface area contributed by atoms with Crippen LogP contribution in [0.1, 0.15) is 68.3 Å². The van der Waals surface area contributed by atoms with E-state index in [-0.39, 0.29) is 38.0 Å². The second-order valence-corrected chi connectivity index (χ2v) is 12.8. The molecule has 6 rings (SSSR count). The van der Waals surface area contributed by atoms with Crippen molar-refractivity contribution in [1.29, 1.82) is 0 Å². The van der Waals surface area contributed by atoms with Gasteiger partial charge in [-0.3, -0.25) is 19.8 Å². The zero-order valence-corrected chi connectivity index (χ0v) is 31.4. The molecule has 302 valence electrons. The highest BCUT2D eigenvalue weighted by atomic mass is 17.1. The number of carbonyl (C=O) groups excluding carboxylic acids is 3. The van der Waals surface area contributed by atoms with Gasteiger partial charge in [0, 0.05) is 18.9 Å². The van der Waals surface area contributed by atoms with E-state index in [0.29, 0.717) is 41.6 Å². The lowest BCUT2D eigenvalue weighted by atomic mass is 9.98. The summed E-state index contributed by atoms with van der Waals surface area (Å²) in [4.78, 5) is 47.9. The van der Waals surface area contributed by atoms with Crippen LogP contribution in [-0.2, 0) is 41.8 Å². The van der Waals surface area contributed by atoms with Gasteiger partial charge in [-0.25, -0.2) is 14.4 Å². The first-order chi connectivity index (χ1) is 27.7. The summed E-state index contributed by atoms with van der Waals surface area (Å²) in [6.07, 6.45) is 1.64. The molecule has 0 spiro atoms. The van der Waals surface area contributed by atoms with Gasteiger partial charge in [0.15, 0.2) is 0 Å². The third kappa shape index (κ3) is 11.0. The van der Waals surface area contributed by atoms with Crippen molar-refractivity contribution >= 4 is 29.3 Å². The van der Waals surface area contributed by atoms with E-state index >= 15 is 0 Å². The smallest absolute Gasteiger partial charge is 0.465 e. The van der Waals surface area contributed by atoms with E-state index in [2.05, 4.69) is 25.2 Å². The third-order valence-electron chi connectivity index (χ3n) is 8.81. The highest BCUT2D eigenvalue weighted by molar-refractivity contribution is 6.02. The summed E-state index contributed by atoms with van der Waals surface area (Å²) < 4.78 is 33.8. The molecule has 0 bridgehead atoms. The molecule has 1 aliphatic rings. The Hall–Kier alpha value is -6.15. The first-order valence-electron chi connectivity index (χ1n) is 18.5. The summed E-state index contributed by atoms with van der Waals surface area (Å²) in [6.45, 7) is 3.43. The van der Waals surface area contributed by atoms with Crippen LogP contribution in [0.15, 0.2) is 66.7 Å². The number of para-hydroxylation sites is 1. The van der Waals surface area contributed by atoms with Crippen LogP contribution in [0.25, 0.3) is 33.5 Å². The first-order valence-corrected chi connectivity index (χ1v) is 18.5. The Morgan fingerprint density at radius 3 is 2.42 bits per heavy atom. The quantitative estimate of drug-likeness (QED) is 0.0347. The standard InChI is InChI=1S/C38H43N7O12/c1-3-51-36-39-32-16-9-15-31(35(46)55-25(2)56-38(48)57-28-11-5-4-6-12-28)33(32)43(36)23-26-17-19-27(20-18-26)29-13-7-8-14-30(29)34-40-42-44(41-34)24-53-37(47)52-21-10-22-54-45(49)50/h7-9,13-20,25,28,49-50H,3-6,10-12,21-24H2,1-2H3. The molecule has 57 heavy (non-hydrogen) atoms. The third-order valence-corrected chi connectivity index (χ3v) is 8.81. The Labute approximate surface area is 326 Å². The van der Waals surface area contributed by atoms with Gasteiger partial charge in [-0.15, -0.1) is 15.0 Å². The predicted molar refractivity (Wildman–Crippen MR) is 196 cm³/mol. The van der Waals surface area contributed by atoms with Gasteiger partial charge in [0.25, 0.3) is 6.01 Å². The minimum Gasteiger partial charge on any atom is -0.465 e. The molecule has 0 saturated heterocycles. The minimum absolute atomic E-state index is 0.0763. The van der Waals surface area contributed by atoms with E-state index in [4.69, 9.17) is 38.8 Å². The Kier molecular flexibility index (Phi) is 14.0. The number of aromatic nitrogens is 6. The van der Waals surface area contributed by atoms with Crippen molar-refractivity contribution in [3.05, 3.63) is 77.9 Å². The van der Waals surface area contributed by atoms with Gasteiger partial charge in [0.1, 0.15) is 6.10 Å². The van der Waals surface area contributed by atoms with Gasteiger partial charge in [0.2, 0.25) is 18.8 Å². The van der Waals surface area contributed by atoms with E-state index in [0.717, 1.165) is 53.6 Å². The van der Waals surface area contributed by atoms with Crippen LogP contribution in [0.4, 0.5) is 9.59 Å². The molecular weight excluding hydrogens is 746 g/mol. The molecule has 0 radical (unpaired) electrons. The number of ether oxygens (including phenoxy) is 6. The van der Waals surface area contributed by atoms with Crippen LogP contribution in [-0.4, -0.2) is 96.1 Å². The molecular formula is C38H43N7O12. The van der Waals surface area contributed by atoms with Gasteiger partial charge >= 0.3 is 18.3 Å². The lowest BCUT2D eigenvalue weighted by Gasteiger charge is -2.22. The number of rotatable bonds is 17. The van der Waals surface area contributed by atoms with Crippen LogP contribution in [0, 0.1) is 0 Å². The maximum absolute atomic E-state index is 13.5. The minimum atomic E-state index is -1.19. The molecule has 1 unspecified atom stereocenters. The molecule has 19 heteroatoms. The maximum atomic E-state index is 13.5. The summed E-state index contributed by atoms with van der Waals surface area (Å²) in [5.74, 6) is -0.402. The summed E-state index contributed by atoms with van der Waals surface area (Å²) in [5, 5.41) is 29.1. The van der Waals surface area contributed by atoms with Gasteiger partial charge in [-0.1, -0.05) is 61.0 Å². The van der Waals surface area contributed by atoms with Gasteiger partial charge in [-0.05, 0) is 66.6 Å². The highest BCUT2D eigenvalue weighted by Gasteiger charge is 2.25. The van der Waals surface area contributed by atoms with E-state index in [1.165, 1.54) is 6.92 Å². The van der Waals surface area contributed by atoms with E-state index < -0.39 is 30.0 Å². The number of tetrazole rings is 1. The molecule has 2 aromatic heterocycles. The summed E-state index contributed by atoms with van der Waals surface area (Å²) in [7, 11) is 0. The predicted octanol–water partition coefficient (Wildman–Crippen LogP) is 6.31. The zero-order valence-electron chi connectivity index (χ0n) is 31.4. The lowest BCUT2D eigenvalue weighted by molar-refractivity contribution is -0.492. The lowest BCUT2D eigenvalue weighted by Crippen LogP contribution is -2.26. The van der Waals surface area contributed by atoms with Crippen molar-refractivity contribution in [3.63, 3.8) is 0 Å². The fourth-order valence-electron chi connectivity index (χ4n) is 6.26. The SMILES string of the molecule is CCOc1nc2cccc(C(=O)OC(C)OC(=O)OC3CCCCC3)c2n1Cc1ccc(-c2ccccc2-c2nnn(COC(=O)OCCCON(O)O)n2)cc1. The van der Waals surface area contributed by atoms with Crippen molar-refractivity contribution < 1.29 is 58.1 Å². The topological polar surface area (TPSA) is 221 Å². The summed E-state index contributed by atoms with van der Waals surface area (Å²) >= 11 is 0. The molecule has 1 fully saturated rings. The highest BCUT2D eigenvalue weighted by Crippen LogP contribution is 2.32. The number of hydrogen-bond donors (Lipinski definition) is 2. The average molecular weight is 790 g/mol. The van der Waals surface area contributed by atoms with Crippen molar-refractivity contribution in [2.45, 2.75) is 78.0 Å². The molecule has 1 atom stereocenters. The van der Waals surface area contributed by atoms with Crippen LogP contribution in [0.5, 0.6) is 6.01 Å². The van der Waals surface area contributed by atoms with Crippen LogP contribution in [0.2, 0.25) is 0 Å². The zero-order chi connectivity index (χ0) is 40.1. The monoisotopic (exact) mass is 789 g/mol. The molecule has 0 amide bonds. The second kappa shape index (κ2) is 19.6. The van der Waals surface area contributed by atoms with Crippen LogP contribution >= 0.6 is 0 Å². The Morgan fingerprint density at radius 2 is 1.67 bits per heavy atom. The Balaban J connectivity index is 1.13. The van der Waals surface area contributed by atoms with Crippen molar-refractivity contribution in [2.24, 2.45) is 0 Å². The fourth-order valence-corrected chi connectivity index (χ4v) is 6.26. The summed E-state index contributed by atoms with van der Waals surface area (Å²) in [5.41, 5.74) is 4.49. The molecule has 2 N–H and O–H groups in total. The number of nitrogens with zero attached hydrogens (tertiary/aromatic N) is 7. The van der Waals surface area contributed by atoms with E-state index in [1.54, 1.807) is 22.8 Å². The fraction of sp³-hybridized carbons (Fsp3) is 0.395. The number of benzene rings is 3. The van der Waals surface area contributed by atoms with Gasteiger partial charge in [0.05, 0.1) is 48.4 Å². The summed E-state index contributed by atoms with van der Waals surface area (Å²) in [6, 6.07) is 20.7. The molecule has 2 heterocycles. The van der Waals surface area contributed by atoms with Crippen molar-refractivity contribution in [2.75, 3.05) is 19.8 Å². The van der Waals surface area contributed by atoms with Crippen LogP contribution in [0.3, 0.4) is 0 Å². The first kappa shape index (κ1) is 40.5. The van der Waals surface area contributed by atoms with Gasteiger partial charge in [-0.2, -0.15) is 4.98 Å². The number of fused-ring (bicyclic) bond motifs is 1. The molecule has 5 aromatic rings. The van der Waals surface area contributed by atoms with Crippen molar-refractivity contribution in [3.8, 4) is 28.5 Å². The van der Waals surface area contributed by atoms with Crippen molar-refractivity contribution in [1.82, 2.24) is 35.1 Å². The number of hydrogen-bond acceptors (Lipinski definition) is 17. The van der Waals surface area contributed by atoms with Crippen LogP contribution < -0.4 is 4.74 Å². The maximum Gasteiger partial charge on any atom is 0.511 e.